The zero-order chi connectivity index (χ0) is 11.8. The van der Waals surface area contributed by atoms with E-state index in [0.717, 1.165) is 10.6 Å². The molecule has 0 aromatic heterocycles. The highest BCUT2D eigenvalue weighted by molar-refractivity contribution is 7.99. The molecule has 0 aliphatic heterocycles. The van der Waals surface area contributed by atoms with E-state index in [-0.39, 0.29) is 5.91 Å². The maximum Gasteiger partial charge on any atom is 0.251 e. The molecule has 1 aromatic rings. The quantitative estimate of drug-likeness (QED) is 0.476. The lowest BCUT2D eigenvalue weighted by atomic mass is 10.2. The van der Waals surface area contributed by atoms with Crippen molar-refractivity contribution >= 4 is 30.3 Å². The summed E-state index contributed by atoms with van der Waals surface area (Å²) in [4.78, 5) is 12.4. The fraction of sp³-hybridized carbons (Fsp3) is 0.250. The molecule has 0 aliphatic rings. The zero-order valence-electron chi connectivity index (χ0n) is 8.77. The van der Waals surface area contributed by atoms with E-state index in [0.29, 0.717) is 17.9 Å². The van der Waals surface area contributed by atoms with Crippen molar-refractivity contribution in [1.82, 2.24) is 5.32 Å². The normalized spacial score (nSPS) is 9.50. The third-order valence-electron chi connectivity index (χ3n) is 1.83. The first-order valence-corrected chi connectivity index (χ1v) is 6.42. The van der Waals surface area contributed by atoms with Gasteiger partial charge in [-0.3, -0.25) is 4.79 Å². The third-order valence-corrected chi connectivity index (χ3v) is 2.97. The fourth-order valence-electron chi connectivity index (χ4n) is 1.12. The molecule has 2 nitrogen and oxygen atoms in total. The second-order valence-electron chi connectivity index (χ2n) is 3.06. The Hall–Kier alpha value is -1.05. The smallest absolute Gasteiger partial charge is 0.251 e. The van der Waals surface area contributed by atoms with Crippen molar-refractivity contribution in [3.05, 3.63) is 29.8 Å². The largest absolute Gasteiger partial charge is 0.351 e. The Morgan fingerprint density at radius 2 is 2.38 bits per heavy atom. The van der Waals surface area contributed by atoms with Crippen LogP contribution in [0.15, 0.2) is 29.2 Å². The lowest BCUT2D eigenvalue weighted by molar-refractivity contribution is 0.0956. The maximum absolute atomic E-state index is 11.6. The number of benzene rings is 1. The van der Waals surface area contributed by atoms with E-state index in [1.165, 1.54) is 0 Å². The molecule has 0 bridgehead atoms. The van der Waals surface area contributed by atoms with Crippen molar-refractivity contribution in [2.45, 2.75) is 4.90 Å². The van der Waals surface area contributed by atoms with E-state index >= 15 is 0 Å². The minimum atomic E-state index is -0.0720. The maximum atomic E-state index is 11.6. The molecule has 84 valence electrons. The first-order valence-electron chi connectivity index (χ1n) is 4.82. The molecule has 1 N–H and O–H groups in total. The van der Waals surface area contributed by atoms with Crippen LogP contribution in [0.5, 0.6) is 0 Å². The average molecular weight is 251 g/mol. The van der Waals surface area contributed by atoms with Crippen LogP contribution in [0.2, 0.25) is 0 Å². The Morgan fingerprint density at radius 1 is 1.56 bits per heavy atom. The van der Waals surface area contributed by atoms with E-state index in [4.69, 9.17) is 6.42 Å². The van der Waals surface area contributed by atoms with Crippen molar-refractivity contribution in [1.29, 1.82) is 0 Å². The molecule has 0 heterocycles. The number of thiol groups is 1. The summed E-state index contributed by atoms with van der Waals surface area (Å²) < 4.78 is 0. The van der Waals surface area contributed by atoms with Gasteiger partial charge in [0.2, 0.25) is 0 Å². The summed E-state index contributed by atoms with van der Waals surface area (Å²) >= 11 is 5.81. The Balaban J connectivity index is 2.33. The molecule has 1 aromatic carbocycles. The fourth-order valence-corrected chi connectivity index (χ4v) is 1.85. The number of thioether (sulfide) groups is 1. The molecule has 0 spiro atoms. The molecule has 0 unspecified atom stereocenters. The summed E-state index contributed by atoms with van der Waals surface area (Å²) in [5, 5.41) is 2.82. The van der Waals surface area contributed by atoms with Gasteiger partial charge in [-0.25, -0.2) is 0 Å². The van der Waals surface area contributed by atoms with Crippen molar-refractivity contribution in [2.75, 3.05) is 18.1 Å². The lowest BCUT2D eigenvalue weighted by Crippen LogP contribution is -2.25. The van der Waals surface area contributed by atoms with Gasteiger partial charge in [0.1, 0.15) is 0 Å². The Bertz CT molecular complexity index is 398. The molecule has 0 saturated carbocycles. The third kappa shape index (κ3) is 4.65. The highest BCUT2D eigenvalue weighted by Crippen LogP contribution is 2.08. The van der Waals surface area contributed by atoms with E-state index in [2.05, 4.69) is 23.9 Å². The molecule has 0 radical (unpaired) electrons. The van der Waals surface area contributed by atoms with Crippen LogP contribution in [0.3, 0.4) is 0 Å². The van der Waals surface area contributed by atoms with Gasteiger partial charge in [-0.05, 0) is 18.2 Å². The van der Waals surface area contributed by atoms with E-state index in [9.17, 15) is 4.79 Å². The van der Waals surface area contributed by atoms with Gasteiger partial charge in [0.25, 0.3) is 5.91 Å². The van der Waals surface area contributed by atoms with Crippen molar-refractivity contribution < 1.29 is 4.79 Å². The second kappa shape index (κ2) is 7.26. The number of hydrogen-bond acceptors (Lipinski definition) is 3. The van der Waals surface area contributed by atoms with Crippen molar-refractivity contribution in [3.63, 3.8) is 0 Å². The number of carbonyl (C=O) groups is 1. The lowest BCUT2D eigenvalue weighted by Gasteiger charge is -2.04. The molecule has 1 amide bonds. The van der Waals surface area contributed by atoms with Gasteiger partial charge >= 0.3 is 0 Å². The van der Waals surface area contributed by atoms with Crippen LogP contribution >= 0.6 is 24.4 Å². The van der Waals surface area contributed by atoms with Crippen LogP contribution in [-0.4, -0.2) is 24.0 Å². The number of amides is 1. The predicted molar refractivity (Wildman–Crippen MR) is 72.2 cm³/mol. The summed E-state index contributed by atoms with van der Waals surface area (Å²) in [5.74, 6) is 3.98. The first kappa shape index (κ1) is 13.0. The Kier molecular flexibility index (Phi) is 5.91. The zero-order valence-corrected chi connectivity index (χ0v) is 10.5. The first-order chi connectivity index (χ1) is 7.74. The Morgan fingerprint density at radius 3 is 3.06 bits per heavy atom. The molecular formula is C12H13NOS2. The summed E-state index contributed by atoms with van der Waals surface area (Å²) in [7, 11) is 0. The van der Waals surface area contributed by atoms with Crippen LogP contribution in [0.4, 0.5) is 0 Å². The van der Waals surface area contributed by atoms with Gasteiger partial charge in [-0.2, -0.15) is 0 Å². The van der Waals surface area contributed by atoms with Crippen LogP contribution < -0.4 is 5.32 Å². The van der Waals surface area contributed by atoms with Gasteiger partial charge in [-0.15, -0.1) is 30.8 Å². The number of rotatable bonds is 5. The van der Waals surface area contributed by atoms with Crippen molar-refractivity contribution in [3.8, 4) is 12.3 Å². The number of carbonyl (C=O) groups excluding carboxylic acids is 1. The molecule has 0 atom stereocenters. The summed E-state index contributed by atoms with van der Waals surface area (Å²) in [6.45, 7) is 0.627. The molecular weight excluding hydrogens is 238 g/mol. The molecule has 4 heteroatoms. The van der Waals surface area contributed by atoms with Crippen molar-refractivity contribution in [2.24, 2.45) is 0 Å². The highest BCUT2D eigenvalue weighted by atomic mass is 32.2. The Labute approximate surface area is 106 Å². The van der Waals surface area contributed by atoms with Gasteiger partial charge in [-0.1, -0.05) is 12.0 Å². The monoisotopic (exact) mass is 251 g/mol. The van der Waals surface area contributed by atoms with E-state index < -0.39 is 0 Å². The summed E-state index contributed by atoms with van der Waals surface area (Å²) in [6.07, 6.45) is 5.11. The summed E-state index contributed by atoms with van der Waals surface area (Å²) in [5.41, 5.74) is 0.634. The molecule has 0 saturated heterocycles. The average Bonchev–Trinajstić information content (AvgIpc) is 2.28. The van der Waals surface area contributed by atoms with Gasteiger partial charge in [0.15, 0.2) is 0 Å². The van der Waals surface area contributed by atoms with Crippen LogP contribution in [0.25, 0.3) is 0 Å². The van der Waals surface area contributed by atoms with Crippen LogP contribution in [0, 0.1) is 12.3 Å². The topological polar surface area (TPSA) is 29.1 Å². The number of hydrogen-bond donors (Lipinski definition) is 2. The summed E-state index contributed by atoms with van der Waals surface area (Å²) in [6, 6.07) is 7.16. The molecule has 0 aliphatic carbocycles. The predicted octanol–water partition coefficient (Wildman–Crippen LogP) is 2.07. The minimum Gasteiger partial charge on any atom is -0.351 e. The SMILES string of the molecule is C#CCSCCNC(=O)c1cccc(S)c1. The highest BCUT2D eigenvalue weighted by Gasteiger charge is 2.03. The second-order valence-corrected chi connectivity index (χ2v) is 4.68. The molecule has 1 rings (SSSR count). The molecule has 0 fully saturated rings. The molecule has 16 heavy (non-hydrogen) atoms. The van der Waals surface area contributed by atoms with Crippen LogP contribution in [0.1, 0.15) is 10.4 Å². The minimum absolute atomic E-state index is 0.0720. The van der Waals surface area contributed by atoms with E-state index in [1.54, 1.807) is 23.9 Å². The van der Waals surface area contributed by atoms with Gasteiger partial charge in [0, 0.05) is 22.8 Å². The van der Waals surface area contributed by atoms with Gasteiger partial charge in [0.05, 0.1) is 5.75 Å². The van der Waals surface area contributed by atoms with Gasteiger partial charge < -0.3 is 5.32 Å². The number of nitrogens with one attached hydrogen (secondary N) is 1. The van der Waals surface area contributed by atoms with E-state index in [1.807, 2.05) is 12.1 Å². The number of terminal acetylenes is 1. The standard InChI is InChI=1S/C12H13NOS2/c1-2-7-16-8-6-13-12(14)10-4-3-5-11(15)9-10/h1,3-5,9,15H,6-8H2,(H,13,14). The van der Waals surface area contributed by atoms with Crippen LogP contribution in [-0.2, 0) is 0 Å².